The smallest absolute Gasteiger partial charge is 0.550 e. The summed E-state index contributed by atoms with van der Waals surface area (Å²) in [4.78, 5) is 14.3. The van der Waals surface area contributed by atoms with E-state index in [-0.39, 0.29) is 48.3 Å². The minimum Gasteiger partial charge on any atom is -0.550 e. The molecule has 0 unspecified atom stereocenters. The molecule has 0 atom stereocenters. The average molecular weight is 275 g/mol. The first-order valence-electron chi connectivity index (χ1n) is 4.94. The molecule has 0 saturated heterocycles. The summed E-state index contributed by atoms with van der Waals surface area (Å²) in [6.45, 7) is 0. The van der Waals surface area contributed by atoms with Gasteiger partial charge >= 0.3 is 29.6 Å². The van der Waals surface area contributed by atoms with Crippen LogP contribution in [0.15, 0.2) is 28.8 Å². The van der Waals surface area contributed by atoms with E-state index in [0.29, 0.717) is 16.4 Å². The number of rotatable bonds is 4. The number of carboxylic acids is 1. The number of hydrogen-bond donors (Lipinski definition) is 0. The van der Waals surface area contributed by atoms with E-state index in [1.54, 1.807) is 24.3 Å². The van der Waals surface area contributed by atoms with Gasteiger partial charge in [0.25, 0.3) is 0 Å². The molecule has 7 heteroatoms. The van der Waals surface area contributed by atoms with Crippen molar-refractivity contribution in [2.24, 2.45) is 0 Å². The van der Waals surface area contributed by atoms with Gasteiger partial charge in [-0.15, -0.1) is 0 Å². The third-order valence-electron chi connectivity index (χ3n) is 2.13. The Bertz CT molecular complexity index is 545. The molecule has 0 amide bonds. The molecule has 2 rings (SSSR count). The van der Waals surface area contributed by atoms with Crippen LogP contribution in [0.5, 0.6) is 0 Å². The molecule has 1 aromatic carbocycles. The van der Waals surface area contributed by atoms with Gasteiger partial charge in [-0.25, -0.2) is 0 Å². The predicted molar refractivity (Wildman–Crippen MR) is 58.1 cm³/mol. The molecule has 5 nitrogen and oxygen atoms in total. The van der Waals surface area contributed by atoms with Crippen molar-refractivity contribution in [2.45, 2.75) is 12.8 Å². The maximum absolute atomic E-state index is 10.3. The second kappa shape index (κ2) is 6.89. The SMILES string of the molecule is O=C([O-])CCc1nc(-c2ccccc2Cl)no1.[Na+]. The first-order valence-corrected chi connectivity index (χ1v) is 5.32. The van der Waals surface area contributed by atoms with E-state index in [2.05, 4.69) is 10.1 Å². The summed E-state index contributed by atoms with van der Waals surface area (Å²) in [5, 5.41) is 14.5. The van der Waals surface area contributed by atoms with Crippen molar-refractivity contribution in [1.29, 1.82) is 0 Å². The molecule has 0 aliphatic carbocycles. The van der Waals surface area contributed by atoms with Crippen LogP contribution in [-0.4, -0.2) is 16.1 Å². The van der Waals surface area contributed by atoms with Crippen molar-refractivity contribution in [3.8, 4) is 11.4 Å². The van der Waals surface area contributed by atoms with Crippen molar-refractivity contribution in [3.05, 3.63) is 35.2 Å². The molecule has 1 heterocycles. The topological polar surface area (TPSA) is 79.0 Å². The van der Waals surface area contributed by atoms with Gasteiger partial charge in [0.15, 0.2) is 0 Å². The molecule has 0 radical (unpaired) electrons. The zero-order chi connectivity index (χ0) is 12.3. The van der Waals surface area contributed by atoms with E-state index in [1.807, 2.05) is 0 Å². The number of aryl methyl sites for hydroxylation is 1. The summed E-state index contributed by atoms with van der Waals surface area (Å²) in [5.74, 6) is -0.546. The average Bonchev–Trinajstić information content (AvgIpc) is 2.75. The number of halogens is 1. The monoisotopic (exact) mass is 274 g/mol. The Hall–Kier alpha value is -0.880. The van der Waals surface area contributed by atoms with Gasteiger partial charge < -0.3 is 14.4 Å². The zero-order valence-corrected chi connectivity index (χ0v) is 12.5. The summed E-state index contributed by atoms with van der Waals surface area (Å²) in [5.41, 5.74) is 0.651. The first kappa shape index (κ1) is 15.2. The molecule has 0 aliphatic rings. The van der Waals surface area contributed by atoms with E-state index in [0.717, 1.165) is 0 Å². The number of hydrogen-bond acceptors (Lipinski definition) is 5. The van der Waals surface area contributed by atoms with Gasteiger partial charge in [0, 0.05) is 18.0 Å². The van der Waals surface area contributed by atoms with Crippen LogP contribution >= 0.6 is 11.6 Å². The summed E-state index contributed by atoms with van der Waals surface area (Å²) >= 11 is 5.97. The van der Waals surface area contributed by atoms with Gasteiger partial charge in [-0.2, -0.15) is 4.98 Å². The van der Waals surface area contributed by atoms with Crippen molar-refractivity contribution in [2.75, 3.05) is 0 Å². The Morgan fingerprint density at radius 3 is 2.78 bits per heavy atom. The fourth-order valence-electron chi connectivity index (χ4n) is 1.32. The van der Waals surface area contributed by atoms with E-state index in [9.17, 15) is 9.90 Å². The zero-order valence-electron chi connectivity index (χ0n) is 9.72. The van der Waals surface area contributed by atoms with E-state index in [4.69, 9.17) is 16.1 Å². The fraction of sp³-hybridized carbons (Fsp3) is 0.182. The Kier molecular flexibility index (Phi) is 5.81. The number of aliphatic carboxylic acids is 1. The maximum atomic E-state index is 10.3. The van der Waals surface area contributed by atoms with E-state index < -0.39 is 5.97 Å². The molecular formula is C11H8ClN2NaO3. The van der Waals surface area contributed by atoms with Crippen LogP contribution in [0.1, 0.15) is 12.3 Å². The standard InChI is InChI=1S/C11H9ClN2O3.Na/c12-8-4-2-1-3-7(8)11-13-9(17-14-11)5-6-10(15)16;/h1-4H,5-6H2,(H,15,16);/q;+1/p-1. The van der Waals surface area contributed by atoms with Crippen LogP contribution in [0.2, 0.25) is 5.02 Å². The second-order valence-electron chi connectivity index (χ2n) is 3.36. The van der Waals surface area contributed by atoms with Crippen LogP contribution in [0.3, 0.4) is 0 Å². The normalized spacial score (nSPS) is 9.83. The predicted octanol–water partition coefficient (Wildman–Crippen LogP) is -1.92. The fourth-order valence-corrected chi connectivity index (χ4v) is 1.54. The summed E-state index contributed by atoms with van der Waals surface area (Å²) in [7, 11) is 0. The maximum Gasteiger partial charge on any atom is 1.00 e. The van der Waals surface area contributed by atoms with Gasteiger partial charge in [0.05, 0.1) is 5.02 Å². The van der Waals surface area contributed by atoms with Gasteiger partial charge in [-0.05, 0) is 18.6 Å². The van der Waals surface area contributed by atoms with Crippen LogP contribution in [0.4, 0.5) is 0 Å². The van der Waals surface area contributed by atoms with Crippen LogP contribution in [0.25, 0.3) is 11.4 Å². The quantitative estimate of drug-likeness (QED) is 0.607. The minimum atomic E-state index is -1.15. The molecule has 0 fully saturated rings. The number of aromatic nitrogens is 2. The molecule has 0 bridgehead atoms. The van der Waals surface area contributed by atoms with Crippen LogP contribution in [0, 0.1) is 0 Å². The first-order chi connectivity index (χ1) is 8.16. The largest absolute Gasteiger partial charge is 1.00 e. The molecule has 0 saturated carbocycles. The van der Waals surface area contributed by atoms with Gasteiger partial charge in [0.1, 0.15) is 0 Å². The number of nitrogens with zero attached hydrogens (tertiary/aromatic N) is 2. The number of carbonyl (C=O) groups is 1. The van der Waals surface area contributed by atoms with Crippen molar-refractivity contribution in [3.63, 3.8) is 0 Å². The third-order valence-corrected chi connectivity index (χ3v) is 2.46. The van der Waals surface area contributed by atoms with Gasteiger partial charge in [-0.3, -0.25) is 0 Å². The Labute approximate surface area is 130 Å². The Morgan fingerprint density at radius 1 is 1.39 bits per heavy atom. The summed E-state index contributed by atoms with van der Waals surface area (Å²) < 4.78 is 4.91. The number of carboxylic acid groups (broad SMARTS) is 1. The van der Waals surface area contributed by atoms with Gasteiger partial charge in [0.2, 0.25) is 11.7 Å². The number of benzene rings is 1. The van der Waals surface area contributed by atoms with Crippen molar-refractivity contribution < 1.29 is 44.0 Å². The molecule has 88 valence electrons. The third kappa shape index (κ3) is 3.81. The Balaban J connectivity index is 0.00000162. The molecule has 0 N–H and O–H groups in total. The molecule has 0 spiro atoms. The summed E-state index contributed by atoms with van der Waals surface area (Å²) in [6, 6.07) is 7.07. The van der Waals surface area contributed by atoms with Crippen molar-refractivity contribution >= 4 is 17.6 Å². The van der Waals surface area contributed by atoms with Crippen LogP contribution in [-0.2, 0) is 11.2 Å². The number of carbonyl (C=O) groups excluding carboxylic acids is 1. The molecule has 0 aliphatic heterocycles. The molecule has 2 aromatic rings. The van der Waals surface area contributed by atoms with Gasteiger partial charge in [-0.1, -0.05) is 28.9 Å². The molecule has 1 aromatic heterocycles. The second-order valence-corrected chi connectivity index (χ2v) is 3.77. The summed E-state index contributed by atoms with van der Waals surface area (Å²) in [6.07, 6.45) is 0.00391. The minimum absolute atomic E-state index is 0. The van der Waals surface area contributed by atoms with Crippen LogP contribution < -0.4 is 34.7 Å². The molecular weight excluding hydrogens is 267 g/mol. The molecule has 18 heavy (non-hydrogen) atoms. The van der Waals surface area contributed by atoms with E-state index in [1.165, 1.54) is 0 Å². The van der Waals surface area contributed by atoms with Crippen molar-refractivity contribution in [1.82, 2.24) is 10.1 Å². The van der Waals surface area contributed by atoms with E-state index >= 15 is 0 Å². The Morgan fingerprint density at radius 2 is 2.11 bits per heavy atom.